The monoisotopic (exact) mass is 294 g/mol. The van der Waals surface area contributed by atoms with Crippen LogP contribution in [0, 0.1) is 0 Å². The van der Waals surface area contributed by atoms with Crippen molar-refractivity contribution in [2.75, 3.05) is 5.32 Å². The first kappa shape index (κ1) is 13.7. The summed E-state index contributed by atoms with van der Waals surface area (Å²) in [5, 5.41) is 4.04. The lowest BCUT2D eigenvalue weighted by Gasteiger charge is -2.09. The number of para-hydroxylation sites is 1. The van der Waals surface area contributed by atoms with Gasteiger partial charge in [0.1, 0.15) is 0 Å². The van der Waals surface area contributed by atoms with Crippen LogP contribution >= 0.6 is 11.6 Å². The summed E-state index contributed by atoms with van der Waals surface area (Å²) in [5.41, 5.74) is 4.48. The van der Waals surface area contributed by atoms with Crippen LogP contribution in [0.4, 0.5) is 11.4 Å². The highest BCUT2D eigenvalue weighted by Gasteiger charge is 2.00. The molecular formula is C18H15ClN2. The summed E-state index contributed by atoms with van der Waals surface area (Å²) in [6.45, 7) is 0. The number of hydrogen-bond donors (Lipinski definition) is 1. The largest absolute Gasteiger partial charge is 0.354 e. The summed E-state index contributed by atoms with van der Waals surface area (Å²) in [4.78, 5) is 4.03. The summed E-state index contributed by atoms with van der Waals surface area (Å²) in [6, 6.07) is 20.2. The van der Waals surface area contributed by atoms with Crippen molar-refractivity contribution in [2.24, 2.45) is 0 Å². The average Bonchev–Trinajstić information content (AvgIpc) is 2.52. The molecule has 0 amide bonds. The Morgan fingerprint density at radius 1 is 0.810 bits per heavy atom. The lowest BCUT2D eigenvalue weighted by Crippen LogP contribution is -1.92. The van der Waals surface area contributed by atoms with Gasteiger partial charge in [-0.15, -0.1) is 0 Å². The van der Waals surface area contributed by atoms with Crippen LogP contribution in [0.3, 0.4) is 0 Å². The van der Waals surface area contributed by atoms with Gasteiger partial charge in [-0.05, 0) is 53.9 Å². The number of aromatic nitrogens is 1. The van der Waals surface area contributed by atoms with E-state index in [1.165, 1.54) is 11.1 Å². The Hall–Kier alpha value is -2.32. The van der Waals surface area contributed by atoms with Gasteiger partial charge in [0, 0.05) is 18.1 Å². The normalized spacial score (nSPS) is 10.3. The maximum Gasteiger partial charge on any atom is 0.0640 e. The van der Waals surface area contributed by atoms with Crippen LogP contribution in [-0.4, -0.2) is 4.98 Å². The molecule has 1 N–H and O–H groups in total. The van der Waals surface area contributed by atoms with Gasteiger partial charge in [0.05, 0.1) is 10.7 Å². The van der Waals surface area contributed by atoms with Gasteiger partial charge >= 0.3 is 0 Å². The Bertz CT molecular complexity index is 709. The third-order valence-electron chi connectivity index (χ3n) is 3.26. The number of hydrogen-bond acceptors (Lipinski definition) is 2. The minimum absolute atomic E-state index is 0.721. The quantitative estimate of drug-likeness (QED) is 0.726. The molecule has 0 bridgehead atoms. The molecule has 0 unspecified atom stereocenters. The highest BCUT2D eigenvalue weighted by Crippen LogP contribution is 2.25. The zero-order valence-corrected chi connectivity index (χ0v) is 12.2. The van der Waals surface area contributed by atoms with Gasteiger partial charge in [0.25, 0.3) is 0 Å². The maximum atomic E-state index is 6.14. The molecule has 0 radical (unpaired) electrons. The van der Waals surface area contributed by atoms with Gasteiger partial charge in [0.2, 0.25) is 0 Å². The van der Waals surface area contributed by atoms with Crippen molar-refractivity contribution < 1.29 is 0 Å². The fourth-order valence-electron chi connectivity index (χ4n) is 2.16. The minimum atomic E-state index is 0.721. The van der Waals surface area contributed by atoms with Crippen molar-refractivity contribution in [2.45, 2.75) is 6.42 Å². The topological polar surface area (TPSA) is 24.9 Å². The van der Waals surface area contributed by atoms with E-state index in [0.717, 1.165) is 22.8 Å². The van der Waals surface area contributed by atoms with E-state index in [4.69, 9.17) is 11.6 Å². The van der Waals surface area contributed by atoms with Gasteiger partial charge in [-0.25, -0.2) is 0 Å². The van der Waals surface area contributed by atoms with E-state index >= 15 is 0 Å². The molecule has 104 valence electrons. The molecule has 2 aromatic carbocycles. The van der Waals surface area contributed by atoms with Crippen molar-refractivity contribution in [3.8, 4) is 0 Å². The molecule has 0 aliphatic carbocycles. The summed E-state index contributed by atoms with van der Waals surface area (Å²) in [6.07, 6.45) is 4.56. The van der Waals surface area contributed by atoms with E-state index in [2.05, 4.69) is 34.6 Å². The third-order valence-corrected chi connectivity index (χ3v) is 3.59. The van der Waals surface area contributed by atoms with Crippen molar-refractivity contribution >= 4 is 23.0 Å². The second kappa shape index (κ2) is 6.42. The van der Waals surface area contributed by atoms with E-state index in [9.17, 15) is 0 Å². The highest BCUT2D eigenvalue weighted by molar-refractivity contribution is 6.33. The van der Waals surface area contributed by atoms with E-state index < -0.39 is 0 Å². The molecule has 1 heterocycles. The lowest BCUT2D eigenvalue weighted by atomic mass is 10.1. The number of nitrogens with zero attached hydrogens (tertiary/aromatic N) is 1. The van der Waals surface area contributed by atoms with Crippen molar-refractivity contribution in [3.05, 3.63) is 89.2 Å². The van der Waals surface area contributed by atoms with E-state index in [1.807, 2.05) is 48.8 Å². The number of nitrogens with one attached hydrogen (secondary N) is 1. The van der Waals surface area contributed by atoms with Crippen molar-refractivity contribution in [1.29, 1.82) is 0 Å². The second-order valence-electron chi connectivity index (χ2n) is 4.83. The van der Waals surface area contributed by atoms with Gasteiger partial charge < -0.3 is 5.32 Å². The molecule has 0 aliphatic heterocycles. The van der Waals surface area contributed by atoms with E-state index in [1.54, 1.807) is 0 Å². The summed E-state index contributed by atoms with van der Waals surface area (Å²) in [7, 11) is 0. The first-order valence-electron chi connectivity index (χ1n) is 6.81. The molecule has 21 heavy (non-hydrogen) atoms. The average molecular weight is 295 g/mol. The second-order valence-corrected chi connectivity index (χ2v) is 5.24. The van der Waals surface area contributed by atoms with Gasteiger partial charge in [-0.2, -0.15) is 0 Å². The predicted octanol–water partition coefficient (Wildman–Crippen LogP) is 5.07. The molecule has 0 saturated heterocycles. The summed E-state index contributed by atoms with van der Waals surface area (Å²) < 4.78 is 0. The van der Waals surface area contributed by atoms with Crippen LogP contribution in [-0.2, 0) is 6.42 Å². The van der Waals surface area contributed by atoms with Crippen LogP contribution in [0.1, 0.15) is 11.1 Å². The Labute approximate surface area is 129 Å². The Morgan fingerprint density at radius 3 is 2.19 bits per heavy atom. The SMILES string of the molecule is Clc1ccccc1Nc1ccc(Cc2ccncc2)cc1. The smallest absolute Gasteiger partial charge is 0.0640 e. The Kier molecular flexibility index (Phi) is 4.17. The van der Waals surface area contributed by atoms with Crippen LogP contribution in [0.25, 0.3) is 0 Å². The fraction of sp³-hybridized carbons (Fsp3) is 0.0556. The fourth-order valence-corrected chi connectivity index (χ4v) is 2.34. The first-order valence-corrected chi connectivity index (χ1v) is 7.18. The minimum Gasteiger partial charge on any atom is -0.354 e. The summed E-state index contributed by atoms with van der Waals surface area (Å²) >= 11 is 6.14. The molecule has 2 nitrogen and oxygen atoms in total. The molecule has 0 fully saturated rings. The number of benzene rings is 2. The van der Waals surface area contributed by atoms with E-state index in [-0.39, 0.29) is 0 Å². The van der Waals surface area contributed by atoms with E-state index in [0.29, 0.717) is 0 Å². The van der Waals surface area contributed by atoms with Crippen LogP contribution in [0.2, 0.25) is 5.02 Å². The highest BCUT2D eigenvalue weighted by atomic mass is 35.5. The van der Waals surface area contributed by atoms with Gasteiger partial charge in [0.15, 0.2) is 0 Å². The molecule has 3 aromatic rings. The van der Waals surface area contributed by atoms with Crippen molar-refractivity contribution in [1.82, 2.24) is 4.98 Å². The predicted molar refractivity (Wildman–Crippen MR) is 88.2 cm³/mol. The number of anilines is 2. The summed E-state index contributed by atoms with van der Waals surface area (Å²) in [5.74, 6) is 0. The standard InChI is InChI=1S/C18H15ClN2/c19-17-3-1-2-4-18(17)21-16-7-5-14(6-8-16)13-15-9-11-20-12-10-15/h1-12,21H,13H2. The van der Waals surface area contributed by atoms with Crippen LogP contribution in [0.15, 0.2) is 73.1 Å². The van der Waals surface area contributed by atoms with Crippen LogP contribution in [0.5, 0.6) is 0 Å². The molecular weight excluding hydrogens is 280 g/mol. The Morgan fingerprint density at radius 2 is 1.48 bits per heavy atom. The third kappa shape index (κ3) is 3.61. The maximum absolute atomic E-state index is 6.14. The Balaban J connectivity index is 1.71. The number of halogens is 1. The molecule has 0 saturated carbocycles. The zero-order chi connectivity index (χ0) is 14.5. The lowest BCUT2D eigenvalue weighted by molar-refractivity contribution is 1.16. The molecule has 3 heteroatoms. The van der Waals surface area contributed by atoms with Gasteiger partial charge in [-0.3, -0.25) is 4.98 Å². The molecule has 0 spiro atoms. The van der Waals surface area contributed by atoms with Crippen LogP contribution < -0.4 is 5.32 Å². The molecule has 1 aromatic heterocycles. The number of rotatable bonds is 4. The zero-order valence-electron chi connectivity index (χ0n) is 11.5. The molecule has 0 aliphatic rings. The molecule has 3 rings (SSSR count). The van der Waals surface area contributed by atoms with Crippen molar-refractivity contribution in [3.63, 3.8) is 0 Å². The van der Waals surface area contributed by atoms with Gasteiger partial charge in [-0.1, -0.05) is 35.9 Å². The first-order chi connectivity index (χ1) is 10.3. The number of pyridine rings is 1. The molecule has 0 atom stereocenters.